The van der Waals surface area contributed by atoms with Gasteiger partial charge in [0, 0.05) is 0 Å². The maximum Gasteiger partial charge on any atom is 0.326 e. The maximum atomic E-state index is 12.4. The molecule has 1 amide bonds. The number of carboxylic acid groups (broad SMARTS) is 1. The highest BCUT2D eigenvalue weighted by molar-refractivity contribution is 5.87. The van der Waals surface area contributed by atoms with Crippen molar-refractivity contribution in [3.05, 3.63) is 35.4 Å². The summed E-state index contributed by atoms with van der Waals surface area (Å²) in [7, 11) is 0. The zero-order chi connectivity index (χ0) is 17.6. The third-order valence-corrected chi connectivity index (χ3v) is 4.29. The molecule has 2 N–H and O–H groups in total. The van der Waals surface area contributed by atoms with E-state index in [9.17, 15) is 14.7 Å². The first-order chi connectivity index (χ1) is 10.8. The van der Waals surface area contributed by atoms with Crippen molar-refractivity contribution < 1.29 is 14.7 Å². The standard InChI is InChI=1S/C19H29NO3/c1-6-13(4)17(19(22)23)20-18(21)14(5)16-9-7-15(8-10-16)11-12(2)3/h7-10,12-14,17H,6,11H2,1-5H3,(H,20,21)(H,22,23)/t13-,14?,17+/m0/s1. The smallest absolute Gasteiger partial charge is 0.326 e. The van der Waals surface area contributed by atoms with Gasteiger partial charge in [0.2, 0.25) is 5.91 Å². The highest BCUT2D eigenvalue weighted by atomic mass is 16.4. The molecule has 4 nitrogen and oxygen atoms in total. The minimum atomic E-state index is -0.979. The Labute approximate surface area is 139 Å². The number of aliphatic carboxylic acids is 1. The number of benzene rings is 1. The molecule has 128 valence electrons. The first-order valence-corrected chi connectivity index (χ1v) is 8.38. The molecule has 1 aromatic rings. The average Bonchev–Trinajstić information content (AvgIpc) is 2.50. The molecule has 0 heterocycles. The number of carboxylic acids is 1. The fraction of sp³-hybridized carbons (Fsp3) is 0.579. The predicted molar refractivity (Wildman–Crippen MR) is 92.4 cm³/mol. The van der Waals surface area contributed by atoms with Crippen molar-refractivity contribution in [3.8, 4) is 0 Å². The minimum Gasteiger partial charge on any atom is -0.480 e. The van der Waals surface area contributed by atoms with Crippen LogP contribution in [0.25, 0.3) is 0 Å². The van der Waals surface area contributed by atoms with E-state index in [1.165, 1.54) is 5.56 Å². The third-order valence-electron chi connectivity index (χ3n) is 4.29. The molecule has 0 fully saturated rings. The van der Waals surface area contributed by atoms with Gasteiger partial charge >= 0.3 is 5.97 Å². The SMILES string of the molecule is CC[C@H](C)[C@@H](NC(=O)C(C)c1ccc(CC(C)C)cc1)C(=O)O. The Balaban J connectivity index is 2.77. The molecule has 23 heavy (non-hydrogen) atoms. The second-order valence-electron chi connectivity index (χ2n) is 6.77. The maximum absolute atomic E-state index is 12.4. The van der Waals surface area contributed by atoms with Gasteiger partial charge in [0.1, 0.15) is 6.04 Å². The lowest BCUT2D eigenvalue weighted by atomic mass is 9.94. The predicted octanol–water partition coefficient (Wildman–Crippen LogP) is 3.60. The number of nitrogens with one attached hydrogen (secondary N) is 1. The van der Waals surface area contributed by atoms with E-state index in [-0.39, 0.29) is 17.7 Å². The molecule has 0 spiro atoms. The van der Waals surface area contributed by atoms with Crippen LogP contribution in [0.1, 0.15) is 58.1 Å². The molecule has 1 rings (SSSR count). The van der Waals surface area contributed by atoms with Gasteiger partial charge in [0.05, 0.1) is 5.92 Å². The van der Waals surface area contributed by atoms with Gasteiger partial charge in [-0.2, -0.15) is 0 Å². The third kappa shape index (κ3) is 5.70. The first kappa shape index (κ1) is 19.2. The van der Waals surface area contributed by atoms with Crippen LogP contribution in [-0.2, 0) is 16.0 Å². The zero-order valence-electron chi connectivity index (χ0n) is 14.8. The van der Waals surface area contributed by atoms with Crippen molar-refractivity contribution in [1.29, 1.82) is 0 Å². The summed E-state index contributed by atoms with van der Waals surface area (Å²) in [5.74, 6) is -1.10. The summed E-state index contributed by atoms with van der Waals surface area (Å²) in [5.41, 5.74) is 2.16. The van der Waals surface area contributed by atoms with Gasteiger partial charge in [-0.1, -0.05) is 58.4 Å². The lowest BCUT2D eigenvalue weighted by molar-refractivity contribution is -0.143. The number of hydrogen-bond donors (Lipinski definition) is 2. The van der Waals surface area contributed by atoms with Crippen LogP contribution in [0.5, 0.6) is 0 Å². The average molecular weight is 319 g/mol. The van der Waals surface area contributed by atoms with Crippen LogP contribution in [0.3, 0.4) is 0 Å². The molecule has 0 bridgehead atoms. The fourth-order valence-electron chi connectivity index (χ4n) is 2.53. The quantitative estimate of drug-likeness (QED) is 0.769. The first-order valence-electron chi connectivity index (χ1n) is 8.38. The minimum absolute atomic E-state index is 0.0999. The van der Waals surface area contributed by atoms with E-state index in [0.29, 0.717) is 12.3 Å². The summed E-state index contributed by atoms with van der Waals surface area (Å²) in [6.07, 6.45) is 1.71. The summed E-state index contributed by atoms with van der Waals surface area (Å²) < 4.78 is 0. The lowest BCUT2D eigenvalue weighted by Gasteiger charge is -2.22. The molecule has 1 aromatic carbocycles. The monoisotopic (exact) mass is 319 g/mol. The van der Waals surface area contributed by atoms with Crippen molar-refractivity contribution in [3.63, 3.8) is 0 Å². The van der Waals surface area contributed by atoms with Crippen LogP contribution < -0.4 is 5.32 Å². The normalized spacial score (nSPS) is 15.0. The summed E-state index contributed by atoms with van der Waals surface area (Å²) in [4.78, 5) is 23.7. The molecular formula is C19H29NO3. The summed E-state index contributed by atoms with van der Waals surface area (Å²) in [6.45, 7) is 9.91. The van der Waals surface area contributed by atoms with Gasteiger partial charge in [0.15, 0.2) is 0 Å². The molecule has 3 atom stereocenters. The van der Waals surface area contributed by atoms with Crippen LogP contribution in [0.4, 0.5) is 0 Å². The molecule has 0 saturated heterocycles. The number of rotatable bonds is 8. The van der Waals surface area contributed by atoms with E-state index < -0.39 is 12.0 Å². The van der Waals surface area contributed by atoms with Crippen molar-refractivity contribution in [2.24, 2.45) is 11.8 Å². The Hall–Kier alpha value is -1.84. The molecule has 0 aliphatic carbocycles. The Morgan fingerprint density at radius 2 is 1.65 bits per heavy atom. The van der Waals surface area contributed by atoms with Crippen molar-refractivity contribution in [1.82, 2.24) is 5.32 Å². The molecule has 1 unspecified atom stereocenters. The second kappa shape index (κ2) is 8.70. The summed E-state index contributed by atoms with van der Waals surface area (Å²) in [6, 6.07) is 7.17. The largest absolute Gasteiger partial charge is 0.480 e. The van der Waals surface area contributed by atoms with Gasteiger partial charge in [-0.15, -0.1) is 0 Å². The molecule has 0 aromatic heterocycles. The van der Waals surface area contributed by atoms with E-state index in [1.807, 2.05) is 45.0 Å². The van der Waals surface area contributed by atoms with Crippen LogP contribution in [0.15, 0.2) is 24.3 Å². The lowest BCUT2D eigenvalue weighted by Crippen LogP contribution is -2.46. The molecule has 0 aliphatic heterocycles. The molecule has 0 aliphatic rings. The second-order valence-corrected chi connectivity index (χ2v) is 6.77. The van der Waals surface area contributed by atoms with E-state index >= 15 is 0 Å². The van der Waals surface area contributed by atoms with Gasteiger partial charge in [-0.3, -0.25) is 4.79 Å². The summed E-state index contributed by atoms with van der Waals surface area (Å²) >= 11 is 0. The Morgan fingerprint density at radius 3 is 2.09 bits per heavy atom. The fourth-order valence-corrected chi connectivity index (χ4v) is 2.53. The van der Waals surface area contributed by atoms with Gasteiger partial charge < -0.3 is 10.4 Å². The Bertz CT molecular complexity index is 522. The summed E-state index contributed by atoms with van der Waals surface area (Å²) in [5, 5.41) is 12.0. The molecule has 0 radical (unpaired) electrons. The molecule has 4 heteroatoms. The van der Waals surface area contributed by atoms with E-state index in [2.05, 4.69) is 19.2 Å². The molecule has 0 saturated carbocycles. The zero-order valence-corrected chi connectivity index (χ0v) is 14.8. The molecular weight excluding hydrogens is 290 g/mol. The number of carbonyl (C=O) groups excluding carboxylic acids is 1. The highest BCUT2D eigenvalue weighted by Gasteiger charge is 2.27. The Kier molecular flexibility index (Phi) is 7.27. The Morgan fingerprint density at radius 1 is 1.09 bits per heavy atom. The van der Waals surface area contributed by atoms with Crippen LogP contribution in [0, 0.1) is 11.8 Å². The van der Waals surface area contributed by atoms with Crippen molar-refractivity contribution >= 4 is 11.9 Å². The number of carbonyl (C=O) groups is 2. The highest BCUT2D eigenvalue weighted by Crippen LogP contribution is 2.19. The van der Waals surface area contributed by atoms with E-state index in [0.717, 1.165) is 12.0 Å². The van der Waals surface area contributed by atoms with Crippen LogP contribution in [-0.4, -0.2) is 23.0 Å². The van der Waals surface area contributed by atoms with E-state index in [1.54, 1.807) is 0 Å². The topological polar surface area (TPSA) is 66.4 Å². The van der Waals surface area contributed by atoms with Crippen LogP contribution >= 0.6 is 0 Å². The van der Waals surface area contributed by atoms with E-state index in [4.69, 9.17) is 0 Å². The van der Waals surface area contributed by atoms with Crippen molar-refractivity contribution in [2.75, 3.05) is 0 Å². The number of amides is 1. The van der Waals surface area contributed by atoms with Crippen molar-refractivity contribution in [2.45, 2.75) is 59.4 Å². The van der Waals surface area contributed by atoms with Crippen LogP contribution in [0.2, 0.25) is 0 Å². The van der Waals surface area contributed by atoms with Gasteiger partial charge in [-0.25, -0.2) is 4.79 Å². The number of hydrogen-bond acceptors (Lipinski definition) is 2. The van der Waals surface area contributed by atoms with Gasteiger partial charge in [0.25, 0.3) is 0 Å². The van der Waals surface area contributed by atoms with Gasteiger partial charge in [-0.05, 0) is 36.3 Å².